The van der Waals surface area contributed by atoms with Crippen LogP contribution >= 0.6 is 0 Å². The van der Waals surface area contributed by atoms with Crippen LogP contribution in [0.5, 0.6) is 0 Å². The number of benzene rings is 1. The van der Waals surface area contributed by atoms with E-state index in [1.54, 1.807) is 0 Å². The molecule has 2 heteroatoms. The Labute approximate surface area is 112 Å². The van der Waals surface area contributed by atoms with E-state index in [9.17, 15) is 5.11 Å². The van der Waals surface area contributed by atoms with Gasteiger partial charge in [-0.05, 0) is 37.4 Å². The van der Waals surface area contributed by atoms with Crippen molar-refractivity contribution >= 4 is 0 Å². The first kappa shape index (κ1) is 15.2. The van der Waals surface area contributed by atoms with Gasteiger partial charge in [-0.25, -0.2) is 0 Å². The van der Waals surface area contributed by atoms with Gasteiger partial charge in [0.2, 0.25) is 0 Å². The summed E-state index contributed by atoms with van der Waals surface area (Å²) in [6.07, 6.45) is -0.405. The highest BCUT2D eigenvalue weighted by Crippen LogP contribution is 2.21. The number of rotatable bonds is 4. The average Bonchev–Trinajstić information content (AvgIpc) is 2.18. The van der Waals surface area contributed by atoms with Crippen LogP contribution in [0.1, 0.15) is 43.6 Å². The van der Waals surface area contributed by atoms with Gasteiger partial charge in [-0.2, -0.15) is 0 Å². The maximum atomic E-state index is 10.4. The monoisotopic (exact) mass is 249 g/mol. The molecule has 2 nitrogen and oxygen atoms in total. The number of hydrogen-bond acceptors (Lipinski definition) is 2. The second-order valence-electron chi connectivity index (χ2n) is 6.63. The fraction of sp³-hybridized carbons (Fsp3) is 0.625. The van der Waals surface area contributed by atoms with E-state index in [0.29, 0.717) is 6.54 Å². The lowest BCUT2D eigenvalue weighted by molar-refractivity contribution is 0.108. The molecule has 0 amide bonds. The van der Waals surface area contributed by atoms with Crippen LogP contribution < -0.4 is 0 Å². The zero-order valence-corrected chi connectivity index (χ0v) is 12.6. The quantitative estimate of drug-likeness (QED) is 0.885. The first-order chi connectivity index (χ1) is 8.19. The van der Waals surface area contributed by atoms with E-state index in [1.165, 1.54) is 5.56 Å². The number of aliphatic hydroxyl groups is 1. The van der Waals surface area contributed by atoms with Crippen LogP contribution in [0.3, 0.4) is 0 Å². The van der Waals surface area contributed by atoms with Crippen LogP contribution in [0.15, 0.2) is 18.2 Å². The van der Waals surface area contributed by atoms with Gasteiger partial charge in [0.25, 0.3) is 0 Å². The SMILES string of the molecule is Cc1ccc(C)c(C(O)CN(C)CC(C)(C)C)c1. The van der Waals surface area contributed by atoms with E-state index in [-0.39, 0.29) is 5.41 Å². The summed E-state index contributed by atoms with van der Waals surface area (Å²) in [5.74, 6) is 0. The van der Waals surface area contributed by atoms with Gasteiger partial charge in [0.15, 0.2) is 0 Å². The van der Waals surface area contributed by atoms with Gasteiger partial charge in [0.1, 0.15) is 0 Å². The summed E-state index contributed by atoms with van der Waals surface area (Å²) in [6, 6.07) is 6.26. The lowest BCUT2D eigenvalue weighted by atomic mass is 9.95. The Morgan fingerprint density at radius 3 is 2.39 bits per heavy atom. The predicted molar refractivity (Wildman–Crippen MR) is 77.8 cm³/mol. The largest absolute Gasteiger partial charge is 0.387 e. The van der Waals surface area contributed by atoms with Gasteiger partial charge >= 0.3 is 0 Å². The molecule has 18 heavy (non-hydrogen) atoms. The summed E-state index contributed by atoms with van der Waals surface area (Å²) < 4.78 is 0. The maximum absolute atomic E-state index is 10.4. The van der Waals surface area contributed by atoms with Gasteiger partial charge in [-0.1, -0.05) is 44.5 Å². The molecule has 1 rings (SSSR count). The second kappa shape index (κ2) is 5.85. The van der Waals surface area contributed by atoms with Crippen LogP contribution in [0.4, 0.5) is 0 Å². The van der Waals surface area contributed by atoms with E-state index in [2.05, 4.69) is 64.8 Å². The molecule has 0 spiro atoms. The maximum Gasteiger partial charge on any atom is 0.0919 e. The van der Waals surface area contributed by atoms with Gasteiger partial charge in [-0.15, -0.1) is 0 Å². The van der Waals surface area contributed by atoms with Gasteiger partial charge < -0.3 is 10.0 Å². The van der Waals surface area contributed by atoms with Crippen molar-refractivity contribution in [2.24, 2.45) is 5.41 Å². The fourth-order valence-electron chi connectivity index (χ4n) is 2.39. The molecule has 0 radical (unpaired) electrons. The van der Waals surface area contributed by atoms with Crippen LogP contribution in [-0.4, -0.2) is 30.1 Å². The Hall–Kier alpha value is -0.860. The first-order valence-corrected chi connectivity index (χ1v) is 6.63. The minimum atomic E-state index is -0.405. The van der Waals surface area contributed by atoms with Crippen LogP contribution in [-0.2, 0) is 0 Å². The minimum Gasteiger partial charge on any atom is -0.387 e. The van der Waals surface area contributed by atoms with Crippen molar-refractivity contribution < 1.29 is 5.11 Å². The molecule has 0 heterocycles. The zero-order chi connectivity index (χ0) is 13.9. The van der Waals surface area contributed by atoms with Crippen LogP contribution in [0.25, 0.3) is 0 Å². The molecule has 0 bridgehead atoms. The molecular weight excluding hydrogens is 222 g/mol. The van der Waals surface area contributed by atoms with Crippen LogP contribution in [0.2, 0.25) is 0 Å². The second-order valence-corrected chi connectivity index (χ2v) is 6.63. The normalized spacial score (nSPS) is 14.0. The molecule has 0 aliphatic rings. The highest BCUT2D eigenvalue weighted by Gasteiger charge is 2.17. The number of aryl methyl sites for hydroxylation is 2. The highest BCUT2D eigenvalue weighted by atomic mass is 16.3. The number of hydrogen-bond donors (Lipinski definition) is 1. The molecule has 0 aliphatic heterocycles. The van der Waals surface area contributed by atoms with E-state index in [0.717, 1.165) is 17.7 Å². The number of nitrogens with zero attached hydrogens (tertiary/aromatic N) is 1. The number of aliphatic hydroxyl groups excluding tert-OH is 1. The van der Waals surface area contributed by atoms with Crippen molar-refractivity contribution in [2.45, 2.75) is 40.7 Å². The van der Waals surface area contributed by atoms with E-state index >= 15 is 0 Å². The number of likely N-dealkylation sites (N-methyl/N-ethyl adjacent to an activating group) is 1. The van der Waals surface area contributed by atoms with Crippen molar-refractivity contribution in [1.29, 1.82) is 0 Å². The molecule has 0 fully saturated rings. The third-order valence-corrected chi connectivity index (χ3v) is 3.02. The molecule has 0 saturated carbocycles. The smallest absolute Gasteiger partial charge is 0.0919 e. The molecule has 102 valence electrons. The van der Waals surface area contributed by atoms with E-state index < -0.39 is 6.10 Å². The molecule has 0 aliphatic carbocycles. The summed E-state index contributed by atoms with van der Waals surface area (Å²) in [5, 5.41) is 10.4. The predicted octanol–water partition coefficient (Wildman–Crippen LogP) is 3.31. The topological polar surface area (TPSA) is 23.5 Å². The van der Waals surface area contributed by atoms with Crippen molar-refractivity contribution in [3.05, 3.63) is 34.9 Å². The summed E-state index contributed by atoms with van der Waals surface area (Å²) in [6.45, 7) is 12.4. The molecule has 1 aromatic rings. The third kappa shape index (κ3) is 4.79. The van der Waals surface area contributed by atoms with Crippen molar-refractivity contribution in [3.8, 4) is 0 Å². The summed E-state index contributed by atoms with van der Waals surface area (Å²) in [4.78, 5) is 2.20. The Balaban J connectivity index is 2.70. The van der Waals surface area contributed by atoms with Crippen LogP contribution in [0, 0.1) is 19.3 Å². The van der Waals surface area contributed by atoms with Gasteiger partial charge in [0.05, 0.1) is 6.10 Å². The van der Waals surface area contributed by atoms with E-state index in [1.807, 2.05) is 0 Å². The first-order valence-electron chi connectivity index (χ1n) is 6.63. The van der Waals surface area contributed by atoms with Crippen molar-refractivity contribution in [3.63, 3.8) is 0 Å². The Morgan fingerprint density at radius 2 is 1.83 bits per heavy atom. The Morgan fingerprint density at radius 1 is 1.22 bits per heavy atom. The minimum absolute atomic E-state index is 0.260. The van der Waals surface area contributed by atoms with Gasteiger partial charge in [-0.3, -0.25) is 0 Å². The lowest BCUT2D eigenvalue weighted by Gasteiger charge is -2.28. The molecule has 1 N–H and O–H groups in total. The summed E-state index contributed by atoms with van der Waals surface area (Å²) in [7, 11) is 2.07. The van der Waals surface area contributed by atoms with E-state index in [4.69, 9.17) is 0 Å². The summed E-state index contributed by atoms with van der Waals surface area (Å²) in [5.41, 5.74) is 3.68. The van der Waals surface area contributed by atoms with Crippen molar-refractivity contribution in [1.82, 2.24) is 4.90 Å². The molecular formula is C16H27NO. The van der Waals surface area contributed by atoms with Crippen molar-refractivity contribution in [2.75, 3.05) is 20.1 Å². The Kier molecular flexibility index (Phi) is 4.94. The van der Waals surface area contributed by atoms with Gasteiger partial charge in [0, 0.05) is 13.1 Å². The zero-order valence-electron chi connectivity index (χ0n) is 12.6. The lowest BCUT2D eigenvalue weighted by Crippen LogP contribution is -2.32. The summed E-state index contributed by atoms with van der Waals surface area (Å²) >= 11 is 0. The third-order valence-electron chi connectivity index (χ3n) is 3.02. The molecule has 1 atom stereocenters. The fourth-order valence-corrected chi connectivity index (χ4v) is 2.39. The Bertz CT molecular complexity index is 393. The highest BCUT2D eigenvalue weighted by molar-refractivity contribution is 5.32. The molecule has 0 aromatic heterocycles. The molecule has 1 aromatic carbocycles. The molecule has 0 saturated heterocycles. The molecule has 1 unspecified atom stereocenters. The average molecular weight is 249 g/mol. The standard InChI is InChI=1S/C16H27NO/c1-12-7-8-13(2)14(9-12)15(18)10-17(6)11-16(3,4)5/h7-9,15,18H,10-11H2,1-6H3.